The number of hydrogen-bond acceptors (Lipinski definition) is 5. The summed E-state index contributed by atoms with van der Waals surface area (Å²) in [5.74, 6) is 0. The molecule has 6 aromatic rings. The van der Waals surface area contributed by atoms with Crippen LogP contribution in [0.3, 0.4) is 0 Å². The van der Waals surface area contributed by atoms with Gasteiger partial charge in [0.15, 0.2) is 0 Å². The Labute approximate surface area is 195 Å². The summed E-state index contributed by atoms with van der Waals surface area (Å²) in [5, 5.41) is 11.9. The van der Waals surface area contributed by atoms with Crippen LogP contribution in [0.1, 0.15) is 0 Å². The Bertz CT molecular complexity index is 1530. The zero-order valence-electron chi connectivity index (χ0n) is 17.6. The minimum atomic E-state index is 0.607. The molecule has 0 amide bonds. The van der Waals surface area contributed by atoms with Gasteiger partial charge in [0.1, 0.15) is 11.4 Å². The van der Waals surface area contributed by atoms with Crippen molar-refractivity contribution in [3.63, 3.8) is 0 Å². The molecule has 0 bridgehead atoms. The molecule has 5 heteroatoms. The summed E-state index contributed by atoms with van der Waals surface area (Å²) < 4.78 is 0. The highest BCUT2D eigenvalue weighted by atomic mass is 32.2. The van der Waals surface area contributed by atoms with Gasteiger partial charge in [-0.3, -0.25) is 0 Å². The molecular formula is C28H18N4S. The molecule has 0 spiro atoms. The number of hydrogen-bond donors (Lipinski definition) is 0. The van der Waals surface area contributed by atoms with Crippen LogP contribution in [0.2, 0.25) is 0 Å². The molecule has 0 unspecified atom stereocenters. The van der Waals surface area contributed by atoms with Crippen molar-refractivity contribution in [2.45, 2.75) is 10.1 Å². The average Bonchev–Trinajstić information content (AvgIpc) is 2.89. The van der Waals surface area contributed by atoms with Crippen LogP contribution in [-0.4, -0.2) is 20.2 Å². The van der Waals surface area contributed by atoms with Crippen LogP contribution >= 0.6 is 11.8 Å². The lowest BCUT2D eigenvalue weighted by atomic mass is 10.0. The van der Waals surface area contributed by atoms with Crippen molar-refractivity contribution < 1.29 is 0 Å². The molecule has 0 atom stereocenters. The number of fused-ring (bicyclic) bond motifs is 2. The number of aromatic nitrogens is 4. The van der Waals surface area contributed by atoms with Gasteiger partial charge in [0, 0.05) is 26.8 Å². The summed E-state index contributed by atoms with van der Waals surface area (Å²) in [7, 11) is 0. The standard InChI is InChI=1S/C28H18N4S/c1-3-11-19(12-4-1)25-26(20-13-5-2-6-14-20)31-32-28(30-25)33-27-21-15-7-9-17-23(21)29-24-18-10-8-16-22(24)27/h1-18H. The van der Waals surface area contributed by atoms with Crippen molar-refractivity contribution in [3.8, 4) is 22.5 Å². The van der Waals surface area contributed by atoms with Crippen molar-refractivity contribution in [3.05, 3.63) is 109 Å². The third kappa shape index (κ3) is 3.73. The van der Waals surface area contributed by atoms with Gasteiger partial charge >= 0.3 is 0 Å². The second kappa shape index (κ2) is 8.45. The topological polar surface area (TPSA) is 51.6 Å². The van der Waals surface area contributed by atoms with Gasteiger partial charge in [-0.1, -0.05) is 97.1 Å². The van der Waals surface area contributed by atoms with Gasteiger partial charge in [0.25, 0.3) is 0 Å². The molecule has 4 nitrogen and oxygen atoms in total. The maximum Gasteiger partial charge on any atom is 0.214 e. The number of para-hydroxylation sites is 2. The van der Waals surface area contributed by atoms with Gasteiger partial charge < -0.3 is 0 Å². The van der Waals surface area contributed by atoms with E-state index in [1.54, 1.807) is 0 Å². The lowest BCUT2D eigenvalue weighted by Gasteiger charge is -2.12. The Morgan fingerprint density at radius 2 is 0.970 bits per heavy atom. The van der Waals surface area contributed by atoms with E-state index < -0.39 is 0 Å². The predicted molar refractivity (Wildman–Crippen MR) is 134 cm³/mol. The van der Waals surface area contributed by atoms with Crippen molar-refractivity contribution in [1.82, 2.24) is 20.2 Å². The fourth-order valence-corrected chi connectivity index (χ4v) is 4.91. The first kappa shape index (κ1) is 19.6. The number of rotatable bonds is 4. The van der Waals surface area contributed by atoms with Crippen LogP contribution in [0, 0.1) is 0 Å². The molecule has 2 aromatic heterocycles. The molecule has 0 N–H and O–H groups in total. The minimum absolute atomic E-state index is 0.607. The van der Waals surface area contributed by atoms with Gasteiger partial charge in [-0.05, 0) is 23.9 Å². The number of nitrogens with zero attached hydrogens (tertiary/aromatic N) is 4. The summed E-state index contributed by atoms with van der Waals surface area (Å²) in [4.78, 5) is 10.9. The molecule has 0 aliphatic carbocycles. The highest BCUT2D eigenvalue weighted by molar-refractivity contribution is 7.99. The Hall–Kier alpha value is -4.09. The van der Waals surface area contributed by atoms with Gasteiger partial charge in [-0.2, -0.15) is 0 Å². The lowest BCUT2D eigenvalue weighted by molar-refractivity contribution is 0.851. The SMILES string of the molecule is c1ccc(-c2nnc(Sc3c4ccccc4nc4ccccc34)nc2-c2ccccc2)cc1. The lowest BCUT2D eigenvalue weighted by Crippen LogP contribution is -1.99. The average molecular weight is 443 g/mol. The summed E-state index contributed by atoms with van der Waals surface area (Å²) in [6.45, 7) is 0. The zero-order valence-corrected chi connectivity index (χ0v) is 18.4. The van der Waals surface area contributed by atoms with E-state index >= 15 is 0 Å². The van der Waals surface area contributed by atoms with E-state index in [1.165, 1.54) is 11.8 Å². The first-order valence-electron chi connectivity index (χ1n) is 10.7. The van der Waals surface area contributed by atoms with Crippen LogP contribution in [0.5, 0.6) is 0 Å². The fraction of sp³-hybridized carbons (Fsp3) is 0. The molecule has 33 heavy (non-hydrogen) atoms. The van der Waals surface area contributed by atoms with Crippen LogP contribution in [-0.2, 0) is 0 Å². The molecule has 0 fully saturated rings. The van der Waals surface area contributed by atoms with E-state index in [9.17, 15) is 0 Å². The van der Waals surface area contributed by atoms with E-state index in [-0.39, 0.29) is 0 Å². The first-order chi connectivity index (χ1) is 16.4. The van der Waals surface area contributed by atoms with Crippen LogP contribution in [0.15, 0.2) is 119 Å². The Kier molecular flexibility index (Phi) is 5.01. The van der Waals surface area contributed by atoms with Gasteiger partial charge in [-0.15, -0.1) is 10.2 Å². The van der Waals surface area contributed by atoms with E-state index in [4.69, 9.17) is 9.97 Å². The highest BCUT2D eigenvalue weighted by Crippen LogP contribution is 2.38. The Morgan fingerprint density at radius 1 is 0.455 bits per heavy atom. The normalized spacial score (nSPS) is 11.2. The van der Waals surface area contributed by atoms with E-state index in [0.717, 1.165) is 49.2 Å². The van der Waals surface area contributed by atoms with Gasteiger partial charge in [-0.25, -0.2) is 9.97 Å². The second-order valence-electron chi connectivity index (χ2n) is 7.60. The quantitative estimate of drug-likeness (QED) is 0.274. The summed E-state index contributed by atoms with van der Waals surface area (Å²) in [6.07, 6.45) is 0. The monoisotopic (exact) mass is 442 g/mol. The summed E-state index contributed by atoms with van der Waals surface area (Å²) in [6, 6.07) is 36.6. The second-order valence-corrected chi connectivity index (χ2v) is 8.58. The van der Waals surface area contributed by atoms with Crippen molar-refractivity contribution in [2.75, 3.05) is 0 Å². The van der Waals surface area contributed by atoms with Gasteiger partial charge in [0.2, 0.25) is 5.16 Å². The molecule has 2 heterocycles. The smallest absolute Gasteiger partial charge is 0.214 e. The van der Waals surface area contributed by atoms with E-state index in [1.807, 2.05) is 84.9 Å². The van der Waals surface area contributed by atoms with Crippen LogP contribution in [0.25, 0.3) is 44.3 Å². The molecule has 0 radical (unpaired) electrons. The minimum Gasteiger partial charge on any atom is -0.248 e. The van der Waals surface area contributed by atoms with Crippen LogP contribution < -0.4 is 0 Å². The summed E-state index contributed by atoms with van der Waals surface area (Å²) >= 11 is 1.53. The third-order valence-corrected chi connectivity index (χ3v) is 6.49. The first-order valence-corrected chi connectivity index (χ1v) is 11.5. The molecular weight excluding hydrogens is 424 g/mol. The maximum atomic E-state index is 5.00. The van der Waals surface area contributed by atoms with Crippen molar-refractivity contribution in [1.29, 1.82) is 0 Å². The van der Waals surface area contributed by atoms with Crippen molar-refractivity contribution >= 4 is 33.6 Å². The fourth-order valence-electron chi connectivity index (χ4n) is 3.94. The molecule has 0 saturated carbocycles. The van der Waals surface area contributed by atoms with Crippen molar-refractivity contribution in [2.24, 2.45) is 0 Å². The van der Waals surface area contributed by atoms with E-state index in [0.29, 0.717) is 5.16 Å². The molecule has 0 aliphatic heterocycles. The molecule has 6 rings (SSSR count). The Balaban J connectivity index is 1.54. The van der Waals surface area contributed by atoms with E-state index in [2.05, 4.69) is 34.5 Å². The highest BCUT2D eigenvalue weighted by Gasteiger charge is 2.16. The number of benzene rings is 4. The maximum absolute atomic E-state index is 5.00. The number of pyridine rings is 1. The molecule has 0 saturated heterocycles. The summed E-state index contributed by atoms with van der Waals surface area (Å²) in [5.41, 5.74) is 5.51. The predicted octanol–water partition coefficient (Wildman–Crippen LogP) is 7.06. The largest absolute Gasteiger partial charge is 0.248 e. The van der Waals surface area contributed by atoms with Gasteiger partial charge in [0.05, 0.1) is 11.0 Å². The Morgan fingerprint density at radius 3 is 1.58 bits per heavy atom. The molecule has 0 aliphatic rings. The molecule has 156 valence electrons. The third-order valence-electron chi connectivity index (χ3n) is 5.49. The zero-order chi connectivity index (χ0) is 22.0. The molecule has 4 aromatic carbocycles. The van der Waals surface area contributed by atoms with Crippen LogP contribution in [0.4, 0.5) is 0 Å².